The summed E-state index contributed by atoms with van der Waals surface area (Å²) in [5, 5.41) is 8.68. The fourth-order valence-corrected chi connectivity index (χ4v) is 0.826. The minimum Gasteiger partial charge on any atom is -0.480 e. The number of ether oxygens (including phenoxy) is 1. The van der Waals surface area contributed by atoms with Crippen LogP contribution in [0.2, 0.25) is 0 Å². The summed E-state index contributed by atoms with van der Waals surface area (Å²) < 4.78 is 4.72. The van der Waals surface area contributed by atoms with Gasteiger partial charge in [-0.2, -0.15) is 0 Å². The zero-order valence-electron chi connectivity index (χ0n) is 6.44. The van der Waals surface area contributed by atoms with Gasteiger partial charge in [0.2, 0.25) is 5.88 Å². The topological polar surface area (TPSA) is 85.4 Å². The molecule has 0 fully saturated rings. The second-order valence-electron chi connectivity index (χ2n) is 2.09. The number of methoxy groups -OCH3 is 1. The van der Waals surface area contributed by atoms with Gasteiger partial charge in [-0.25, -0.2) is 9.78 Å². The molecule has 0 aliphatic carbocycles. The molecule has 0 aliphatic rings. The van der Waals surface area contributed by atoms with Gasteiger partial charge in [0.15, 0.2) is 0 Å². The van der Waals surface area contributed by atoms with Gasteiger partial charge < -0.3 is 15.6 Å². The van der Waals surface area contributed by atoms with Crippen LogP contribution in [0.1, 0.15) is 10.4 Å². The molecule has 12 heavy (non-hydrogen) atoms. The van der Waals surface area contributed by atoms with Crippen LogP contribution in [-0.4, -0.2) is 23.2 Å². The van der Waals surface area contributed by atoms with E-state index in [1.54, 1.807) is 0 Å². The van der Waals surface area contributed by atoms with E-state index in [4.69, 9.17) is 15.6 Å². The highest BCUT2D eigenvalue weighted by Gasteiger charge is 2.14. The first kappa shape index (κ1) is 8.32. The van der Waals surface area contributed by atoms with Crippen LogP contribution in [0.4, 0.5) is 5.69 Å². The Labute approximate surface area is 68.8 Å². The molecule has 5 nitrogen and oxygen atoms in total. The predicted molar refractivity (Wildman–Crippen MR) is 42.2 cm³/mol. The lowest BCUT2D eigenvalue weighted by molar-refractivity contribution is 0.0693. The molecule has 0 bridgehead atoms. The van der Waals surface area contributed by atoms with E-state index in [1.807, 2.05) is 0 Å². The first-order valence-electron chi connectivity index (χ1n) is 3.18. The summed E-state index contributed by atoms with van der Waals surface area (Å²) in [5.74, 6) is -1.11. The first-order chi connectivity index (χ1) is 5.66. The predicted octanol–water partition coefficient (Wildman–Crippen LogP) is 0.371. The number of anilines is 1. The molecule has 0 aromatic carbocycles. The maximum atomic E-state index is 10.6. The molecule has 0 saturated carbocycles. The van der Waals surface area contributed by atoms with Crippen molar-refractivity contribution < 1.29 is 14.6 Å². The van der Waals surface area contributed by atoms with Crippen LogP contribution in [0.3, 0.4) is 0 Å². The smallest absolute Gasteiger partial charge is 0.343 e. The fourth-order valence-electron chi connectivity index (χ4n) is 0.826. The third-order valence-electron chi connectivity index (χ3n) is 1.36. The summed E-state index contributed by atoms with van der Waals surface area (Å²) in [7, 11) is 1.34. The molecular formula is C7H8N2O3. The van der Waals surface area contributed by atoms with Crippen LogP contribution in [0, 0.1) is 0 Å². The number of carboxylic acid groups (broad SMARTS) is 1. The summed E-state index contributed by atoms with van der Waals surface area (Å²) in [6.45, 7) is 0. The number of hydrogen-bond donors (Lipinski definition) is 2. The highest BCUT2D eigenvalue weighted by molar-refractivity contribution is 5.95. The Hall–Kier alpha value is -1.78. The van der Waals surface area contributed by atoms with Gasteiger partial charge >= 0.3 is 5.97 Å². The third kappa shape index (κ3) is 1.29. The van der Waals surface area contributed by atoms with Crippen LogP contribution in [0.25, 0.3) is 0 Å². The molecule has 0 spiro atoms. The lowest BCUT2D eigenvalue weighted by atomic mass is 10.2. The van der Waals surface area contributed by atoms with E-state index in [2.05, 4.69) is 4.98 Å². The lowest BCUT2D eigenvalue weighted by Gasteiger charge is -2.04. The fraction of sp³-hybridized carbons (Fsp3) is 0.143. The minimum atomic E-state index is -1.14. The van der Waals surface area contributed by atoms with E-state index in [-0.39, 0.29) is 17.1 Å². The number of nitrogens with two attached hydrogens (primary N) is 1. The number of pyridine rings is 1. The van der Waals surface area contributed by atoms with Crippen molar-refractivity contribution in [1.82, 2.24) is 4.98 Å². The van der Waals surface area contributed by atoms with E-state index in [0.29, 0.717) is 0 Å². The molecule has 0 atom stereocenters. The maximum absolute atomic E-state index is 10.6. The molecule has 1 rings (SSSR count). The quantitative estimate of drug-likeness (QED) is 0.666. The Morgan fingerprint density at radius 3 is 2.83 bits per heavy atom. The molecule has 0 unspecified atom stereocenters. The summed E-state index contributed by atoms with van der Waals surface area (Å²) in [6, 6.07) is 1.41. The van der Waals surface area contributed by atoms with Gasteiger partial charge in [0.1, 0.15) is 5.56 Å². The van der Waals surface area contributed by atoms with Crippen LogP contribution >= 0.6 is 0 Å². The molecule has 0 saturated heterocycles. The lowest BCUT2D eigenvalue weighted by Crippen LogP contribution is -2.06. The highest BCUT2D eigenvalue weighted by atomic mass is 16.5. The van der Waals surface area contributed by atoms with Gasteiger partial charge in [0.05, 0.1) is 12.8 Å². The van der Waals surface area contributed by atoms with Crippen molar-refractivity contribution in [2.45, 2.75) is 0 Å². The van der Waals surface area contributed by atoms with Gasteiger partial charge in [0.25, 0.3) is 0 Å². The van der Waals surface area contributed by atoms with E-state index in [9.17, 15) is 4.79 Å². The number of hydrogen-bond acceptors (Lipinski definition) is 4. The molecule has 64 valence electrons. The van der Waals surface area contributed by atoms with Crippen molar-refractivity contribution >= 4 is 11.7 Å². The monoisotopic (exact) mass is 168 g/mol. The van der Waals surface area contributed by atoms with Crippen molar-refractivity contribution in [3.05, 3.63) is 17.8 Å². The molecule has 0 radical (unpaired) electrons. The SMILES string of the molecule is COc1nccc(N)c1C(=O)O. The number of aromatic nitrogens is 1. The molecule has 1 aromatic heterocycles. The molecule has 0 amide bonds. The highest BCUT2D eigenvalue weighted by Crippen LogP contribution is 2.20. The summed E-state index contributed by atoms with van der Waals surface area (Å²) in [5.41, 5.74) is 5.45. The van der Waals surface area contributed by atoms with E-state index >= 15 is 0 Å². The van der Waals surface area contributed by atoms with E-state index in [0.717, 1.165) is 0 Å². The number of carbonyl (C=O) groups is 1. The van der Waals surface area contributed by atoms with Gasteiger partial charge in [0, 0.05) is 6.20 Å². The molecule has 1 heterocycles. The van der Waals surface area contributed by atoms with Crippen molar-refractivity contribution in [2.75, 3.05) is 12.8 Å². The summed E-state index contributed by atoms with van der Waals surface area (Å²) >= 11 is 0. The Morgan fingerprint density at radius 1 is 1.75 bits per heavy atom. The number of rotatable bonds is 2. The summed E-state index contributed by atoms with van der Waals surface area (Å²) in [6.07, 6.45) is 1.39. The number of nitrogen functional groups attached to an aromatic ring is 1. The Bertz CT molecular complexity index is 312. The first-order valence-corrected chi connectivity index (χ1v) is 3.18. The molecular weight excluding hydrogens is 160 g/mol. The second kappa shape index (κ2) is 3.08. The zero-order valence-corrected chi connectivity index (χ0v) is 6.44. The van der Waals surface area contributed by atoms with E-state index in [1.165, 1.54) is 19.4 Å². The number of aromatic carboxylic acids is 1. The van der Waals surface area contributed by atoms with Gasteiger partial charge in [-0.15, -0.1) is 0 Å². The van der Waals surface area contributed by atoms with Crippen LogP contribution in [0.5, 0.6) is 5.88 Å². The average Bonchev–Trinajstić information content (AvgIpc) is 2.03. The Kier molecular flexibility index (Phi) is 2.14. The largest absolute Gasteiger partial charge is 0.480 e. The van der Waals surface area contributed by atoms with E-state index < -0.39 is 5.97 Å². The van der Waals surface area contributed by atoms with Gasteiger partial charge in [-0.1, -0.05) is 0 Å². The third-order valence-corrected chi connectivity index (χ3v) is 1.36. The summed E-state index contributed by atoms with van der Waals surface area (Å²) in [4.78, 5) is 14.3. The number of carboxylic acids is 1. The normalized spacial score (nSPS) is 9.42. The van der Waals surface area contributed by atoms with Crippen LogP contribution in [-0.2, 0) is 0 Å². The minimum absolute atomic E-state index is 0.0301. The molecule has 5 heteroatoms. The molecule has 1 aromatic rings. The average molecular weight is 168 g/mol. The van der Waals surface area contributed by atoms with Crippen molar-refractivity contribution in [2.24, 2.45) is 0 Å². The molecule has 3 N–H and O–H groups in total. The Morgan fingerprint density at radius 2 is 2.42 bits per heavy atom. The van der Waals surface area contributed by atoms with Crippen LogP contribution in [0.15, 0.2) is 12.3 Å². The van der Waals surface area contributed by atoms with Crippen LogP contribution < -0.4 is 10.5 Å². The second-order valence-corrected chi connectivity index (χ2v) is 2.09. The Balaban J connectivity index is 3.29. The molecule has 0 aliphatic heterocycles. The zero-order chi connectivity index (χ0) is 9.14. The standard InChI is InChI=1S/C7H8N2O3/c1-12-6-5(7(10)11)4(8)2-3-9-6/h2-3H,1H3,(H2,8,9)(H,10,11). The van der Waals surface area contributed by atoms with Crippen molar-refractivity contribution in [3.8, 4) is 5.88 Å². The van der Waals surface area contributed by atoms with Crippen molar-refractivity contribution in [3.63, 3.8) is 0 Å². The van der Waals surface area contributed by atoms with Crippen molar-refractivity contribution in [1.29, 1.82) is 0 Å². The number of nitrogens with zero attached hydrogens (tertiary/aromatic N) is 1. The van der Waals surface area contributed by atoms with Gasteiger partial charge in [-0.3, -0.25) is 0 Å². The van der Waals surface area contributed by atoms with Gasteiger partial charge in [-0.05, 0) is 6.07 Å². The maximum Gasteiger partial charge on any atom is 0.343 e.